The zero-order chi connectivity index (χ0) is 18.7. The summed E-state index contributed by atoms with van der Waals surface area (Å²) >= 11 is 0. The van der Waals surface area contributed by atoms with E-state index in [0.29, 0.717) is 11.5 Å². The van der Waals surface area contributed by atoms with Crippen LogP contribution in [0.4, 0.5) is 0 Å². The molecule has 0 aliphatic rings. The fourth-order valence-electron chi connectivity index (χ4n) is 2.40. The van der Waals surface area contributed by atoms with Crippen molar-refractivity contribution in [3.8, 4) is 11.4 Å². The molecule has 0 radical (unpaired) electrons. The van der Waals surface area contributed by atoms with Crippen LogP contribution in [0.3, 0.4) is 0 Å². The van der Waals surface area contributed by atoms with E-state index in [1.165, 1.54) is 27.8 Å². The minimum Gasteiger partial charge on any atom is -0.207 e. The fraction of sp³-hybridized carbons (Fsp3) is 0.0667. The van der Waals surface area contributed by atoms with Crippen molar-refractivity contribution in [2.45, 2.75) is 11.4 Å². The van der Waals surface area contributed by atoms with Crippen molar-refractivity contribution in [3.05, 3.63) is 66.7 Å². The lowest BCUT2D eigenvalue weighted by Gasteiger charge is -2.08. The lowest BCUT2D eigenvalue weighted by molar-refractivity contribution is 0.577. The summed E-state index contributed by atoms with van der Waals surface area (Å²) in [6.45, 7) is -0.0701. The predicted molar refractivity (Wildman–Crippen MR) is 92.3 cm³/mol. The van der Waals surface area contributed by atoms with Gasteiger partial charge < -0.3 is 0 Å². The van der Waals surface area contributed by atoms with Crippen LogP contribution in [0.2, 0.25) is 0 Å². The molecule has 2 aromatic heterocycles. The molecule has 11 nitrogen and oxygen atoms in total. The quantitative estimate of drug-likeness (QED) is 0.496. The minimum absolute atomic E-state index is 0.0701. The summed E-state index contributed by atoms with van der Waals surface area (Å²) in [6.07, 6.45) is 1.38. The van der Waals surface area contributed by atoms with Crippen LogP contribution in [0.15, 0.2) is 65.8 Å². The summed E-state index contributed by atoms with van der Waals surface area (Å²) in [4.78, 5) is 0.0780. The van der Waals surface area contributed by atoms with E-state index in [2.05, 4.69) is 35.8 Å². The Morgan fingerprint density at radius 2 is 1.74 bits per heavy atom. The van der Waals surface area contributed by atoms with Gasteiger partial charge in [-0.15, -0.1) is 10.2 Å². The Morgan fingerprint density at radius 3 is 2.52 bits per heavy atom. The maximum atomic E-state index is 12.6. The molecule has 4 aromatic rings. The number of sulfonamides is 1. The van der Waals surface area contributed by atoms with Crippen LogP contribution >= 0.6 is 0 Å². The van der Waals surface area contributed by atoms with Gasteiger partial charge >= 0.3 is 0 Å². The van der Waals surface area contributed by atoms with Crippen LogP contribution in [-0.2, 0) is 16.6 Å². The van der Waals surface area contributed by atoms with E-state index >= 15 is 0 Å². The van der Waals surface area contributed by atoms with Gasteiger partial charge in [0.15, 0.2) is 5.82 Å². The van der Waals surface area contributed by atoms with E-state index < -0.39 is 10.0 Å². The monoisotopic (exact) mass is 383 g/mol. The van der Waals surface area contributed by atoms with E-state index in [0.717, 1.165) is 5.69 Å². The van der Waals surface area contributed by atoms with Gasteiger partial charge in [0.2, 0.25) is 10.0 Å². The number of rotatable bonds is 6. The summed E-state index contributed by atoms with van der Waals surface area (Å²) in [5, 5.41) is 22.3. The van der Waals surface area contributed by atoms with E-state index in [4.69, 9.17) is 0 Å². The van der Waals surface area contributed by atoms with Crippen molar-refractivity contribution < 1.29 is 8.42 Å². The van der Waals surface area contributed by atoms with Gasteiger partial charge in [0, 0.05) is 0 Å². The summed E-state index contributed by atoms with van der Waals surface area (Å²) in [5.74, 6) is 0.362. The van der Waals surface area contributed by atoms with Crippen LogP contribution in [0.5, 0.6) is 0 Å². The van der Waals surface area contributed by atoms with E-state index in [1.807, 2.05) is 30.3 Å². The molecule has 136 valence electrons. The molecule has 0 unspecified atom stereocenters. The number of benzene rings is 2. The van der Waals surface area contributed by atoms with Crippen molar-refractivity contribution in [2.24, 2.45) is 0 Å². The molecular formula is C15H13N9O2S. The highest BCUT2D eigenvalue weighted by Gasteiger charge is 2.17. The SMILES string of the molecule is O=S(=O)(NCc1nnnn1-c1ccccc1)c1cccc(-n2cnnn2)c1. The van der Waals surface area contributed by atoms with Gasteiger partial charge in [-0.1, -0.05) is 24.3 Å². The third-order valence-corrected chi connectivity index (χ3v) is 5.10. The first-order valence-electron chi connectivity index (χ1n) is 7.79. The number of tetrazole rings is 2. The molecule has 0 spiro atoms. The zero-order valence-corrected chi connectivity index (χ0v) is 14.6. The molecule has 12 heteroatoms. The van der Waals surface area contributed by atoms with Gasteiger partial charge in [0.25, 0.3) is 0 Å². The first-order chi connectivity index (χ1) is 13.1. The second-order valence-electron chi connectivity index (χ2n) is 5.42. The Labute approximate surface area is 153 Å². The summed E-state index contributed by atoms with van der Waals surface area (Å²) < 4.78 is 30.6. The van der Waals surface area contributed by atoms with Gasteiger partial charge in [-0.05, 0) is 51.2 Å². The molecule has 27 heavy (non-hydrogen) atoms. The van der Waals surface area contributed by atoms with Crippen molar-refractivity contribution in [3.63, 3.8) is 0 Å². The third kappa shape index (κ3) is 3.56. The third-order valence-electron chi connectivity index (χ3n) is 3.70. The molecule has 0 bridgehead atoms. The van der Waals surface area contributed by atoms with Crippen LogP contribution in [0.25, 0.3) is 11.4 Å². The standard InChI is InChI=1S/C15H13N9O2S/c25-27(26,14-8-4-7-13(9-14)23-11-16-19-21-23)17-10-15-18-20-22-24(15)12-5-2-1-3-6-12/h1-9,11,17H,10H2. The number of para-hydroxylation sites is 1. The summed E-state index contributed by atoms with van der Waals surface area (Å²) in [6, 6.07) is 15.5. The number of aromatic nitrogens is 8. The highest BCUT2D eigenvalue weighted by molar-refractivity contribution is 7.89. The lowest BCUT2D eigenvalue weighted by Crippen LogP contribution is -2.25. The van der Waals surface area contributed by atoms with Gasteiger partial charge in [0.05, 0.1) is 22.8 Å². The lowest BCUT2D eigenvalue weighted by atomic mass is 10.3. The highest BCUT2D eigenvalue weighted by atomic mass is 32.2. The second-order valence-corrected chi connectivity index (χ2v) is 7.19. The van der Waals surface area contributed by atoms with Crippen LogP contribution in [-0.4, -0.2) is 48.8 Å². The largest absolute Gasteiger partial charge is 0.241 e. The molecule has 4 rings (SSSR count). The van der Waals surface area contributed by atoms with Crippen LogP contribution in [0, 0.1) is 0 Å². The first kappa shape index (κ1) is 16.9. The fourth-order valence-corrected chi connectivity index (χ4v) is 3.42. The minimum atomic E-state index is -3.79. The molecule has 0 fully saturated rings. The maximum Gasteiger partial charge on any atom is 0.241 e. The molecule has 0 saturated heterocycles. The predicted octanol–water partition coefficient (Wildman–Crippen LogP) is 0.116. The van der Waals surface area contributed by atoms with Crippen molar-refractivity contribution in [1.82, 2.24) is 45.1 Å². The Kier molecular flexibility index (Phi) is 4.40. The Balaban J connectivity index is 1.56. The van der Waals surface area contributed by atoms with Crippen LogP contribution < -0.4 is 4.72 Å². The average molecular weight is 383 g/mol. The number of nitrogens with zero attached hydrogens (tertiary/aromatic N) is 8. The molecule has 2 heterocycles. The number of hydrogen-bond acceptors (Lipinski definition) is 8. The van der Waals surface area contributed by atoms with Crippen molar-refractivity contribution in [2.75, 3.05) is 0 Å². The molecule has 0 aliphatic heterocycles. The van der Waals surface area contributed by atoms with Crippen molar-refractivity contribution >= 4 is 10.0 Å². The van der Waals surface area contributed by atoms with Crippen molar-refractivity contribution in [1.29, 1.82) is 0 Å². The zero-order valence-electron chi connectivity index (χ0n) is 13.8. The summed E-state index contributed by atoms with van der Waals surface area (Å²) in [7, 11) is -3.79. The van der Waals surface area contributed by atoms with E-state index in [1.54, 1.807) is 12.1 Å². The molecule has 0 aliphatic carbocycles. The van der Waals surface area contributed by atoms with Crippen LogP contribution in [0.1, 0.15) is 5.82 Å². The number of nitrogens with one attached hydrogen (secondary N) is 1. The molecule has 0 amide bonds. The highest BCUT2D eigenvalue weighted by Crippen LogP contribution is 2.14. The topological polar surface area (TPSA) is 133 Å². The molecule has 2 aromatic carbocycles. The van der Waals surface area contributed by atoms with Gasteiger partial charge in [0.1, 0.15) is 6.33 Å². The summed E-state index contributed by atoms with van der Waals surface area (Å²) in [5.41, 5.74) is 1.26. The first-order valence-corrected chi connectivity index (χ1v) is 9.27. The smallest absolute Gasteiger partial charge is 0.207 e. The Hall–Kier alpha value is -3.51. The molecular weight excluding hydrogens is 370 g/mol. The average Bonchev–Trinajstić information content (AvgIpc) is 3.39. The molecule has 0 saturated carbocycles. The molecule has 1 N–H and O–H groups in total. The second kappa shape index (κ2) is 7.01. The Bertz CT molecular complexity index is 1140. The van der Waals surface area contributed by atoms with Gasteiger partial charge in [-0.25, -0.2) is 17.8 Å². The Morgan fingerprint density at radius 1 is 0.926 bits per heavy atom. The van der Waals surface area contributed by atoms with Gasteiger partial charge in [-0.3, -0.25) is 0 Å². The molecule has 0 atom stereocenters. The van der Waals surface area contributed by atoms with E-state index in [-0.39, 0.29) is 11.4 Å². The maximum absolute atomic E-state index is 12.6. The number of hydrogen-bond donors (Lipinski definition) is 1. The van der Waals surface area contributed by atoms with E-state index in [9.17, 15) is 8.42 Å². The van der Waals surface area contributed by atoms with Gasteiger partial charge in [-0.2, -0.15) is 4.68 Å². The normalized spacial score (nSPS) is 11.6.